The van der Waals surface area contributed by atoms with Gasteiger partial charge in [-0.3, -0.25) is 9.00 Å². The van der Waals surface area contributed by atoms with Crippen LogP contribution in [-0.2, 0) is 20.3 Å². The molecule has 0 bridgehead atoms. The summed E-state index contributed by atoms with van der Waals surface area (Å²) >= 11 is 0. The molecule has 0 radical (unpaired) electrons. The molecule has 110 valence electrons. The van der Waals surface area contributed by atoms with Crippen molar-refractivity contribution in [1.29, 1.82) is 0 Å². The van der Waals surface area contributed by atoms with E-state index in [1.54, 1.807) is 0 Å². The number of ether oxygens (including phenoxy) is 1. The zero-order valence-electron chi connectivity index (χ0n) is 12.2. The first-order chi connectivity index (χ1) is 8.55. The Morgan fingerprint density at radius 3 is 2.26 bits per heavy atom. The summed E-state index contributed by atoms with van der Waals surface area (Å²) in [6.45, 7) is 8.02. The van der Waals surface area contributed by atoms with E-state index in [1.807, 2.05) is 27.7 Å². The van der Waals surface area contributed by atoms with E-state index in [4.69, 9.17) is 9.84 Å². The van der Waals surface area contributed by atoms with Gasteiger partial charge in [0.05, 0.1) is 22.9 Å². The van der Waals surface area contributed by atoms with Crippen LogP contribution >= 0.6 is 0 Å². The first-order valence-electron chi connectivity index (χ1n) is 6.85. The third-order valence-electron chi connectivity index (χ3n) is 4.24. The molecule has 1 aliphatic carbocycles. The fourth-order valence-corrected chi connectivity index (χ4v) is 5.66. The van der Waals surface area contributed by atoms with Gasteiger partial charge >= 0.3 is 5.97 Å². The third kappa shape index (κ3) is 3.37. The van der Waals surface area contributed by atoms with Gasteiger partial charge in [0.2, 0.25) is 0 Å². The molecule has 1 N–H and O–H groups in total. The predicted molar refractivity (Wildman–Crippen MR) is 74.6 cm³/mol. The Labute approximate surface area is 117 Å². The number of hydrogen-bond donors (Lipinski definition) is 1. The maximum Gasteiger partial charge on any atom is 0.303 e. The Balaban J connectivity index is 2.03. The number of carboxylic acids is 1. The summed E-state index contributed by atoms with van der Waals surface area (Å²) in [6.07, 6.45) is 2.71. The van der Waals surface area contributed by atoms with Crippen molar-refractivity contribution in [1.82, 2.24) is 0 Å². The Morgan fingerprint density at radius 2 is 1.89 bits per heavy atom. The Bertz CT molecular complexity index is 410. The van der Waals surface area contributed by atoms with Crippen LogP contribution in [0, 0.1) is 5.41 Å². The van der Waals surface area contributed by atoms with Crippen molar-refractivity contribution in [2.24, 2.45) is 5.41 Å². The molecule has 4 nitrogen and oxygen atoms in total. The van der Waals surface area contributed by atoms with Crippen LogP contribution in [0.2, 0.25) is 0 Å². The largest absolute Gasteiger partial charge is 0.481 e. The summed E-state index contributed by atoms with van der Waals surface area (Å²) < 4.78 is 18.6. The fourth-order valence-electron chi connectivity index (χ4n) is 3.19. The molecule has 2 aliphatic rings. The summed E-state index contributed by atoms with van der Waals surface area (Å²) in [5.74, 6) is -0.274. The number of hydrogen-bond acceptors (Lipinski definition) is 3. The molecule has 5 heteroatoms. The van der Waals surface area contributed by atoms with Crippen LogP contribution in [0.15, 0.2) is 0 Å². The molecule has 0 aromatic carbocycles. The first-order valence-corrected chi connectivity index (χ1v) is 8.23. The minimum Gasteiger partial charge on any atom is -0.481 e. The molecule has 0 aromatic rings. The normalized spacial score (nSPS) is 31.9. The summed E-state index contributed by atoms with van der Waals surface area (Å²) in [5, 5.41) is 8.92. The second-order valence-corrected chi connectivity index (χ2v) is 8.87. The molecule has 1 saturated heterocycles. The van der Waals surface area contributed by atoms with Gasteiger partial charge in [-0.05, 0) is 52.4 Å². The summed E-state index contributed by atoms with van der Waals surface area (Å²) in [4.78, 5) is 10.9. The lowest BCUT2D eigenvalue weighted by atomic mass is 10.0. The molecule has 0 amide bonds. The lowest BCUT2D eigenvalue weighted by Gasteiger charge is -2.27. The molecule has 1 saturated carbocycles. The van der Waals surface area contributed by atoms with Gasteiger partial charge in [0.25, 0.3) is 0 Å². The van der Waals surface area contributed by atoms with Crippen molar-refractivity contribution >= 4 is 16.8 Å². The smallest absolute Gasteiger partial charge is 0.303 e. The summed E-state index contributed by atoms with van der Waals surface area (Å²) in [6, 6.07) is 0. The topological polar surface area (TPSA) is 63.6 Å². The number of carboxylic acid groups (broad SMARTS) is 1. The van der Waals surface area contributed by atoms with E-state index in [0.29, 0.717) is 5.75 Å². The van der Waals surface area contributed by atoms with Crippen LogP contribution in [0.5, 0.6) is 0 Å². The van der Waals surface area contributed by atoms with E-state index in [1.165, 1.54) is 0 Å². The van der Waals surface area contributed by atoms with Crippen molar-refractivity contribution in [3.63, 3.8) is 0 Å². The zero-order valence-corrected chi connectivity index (χ0v) is 13.0. The summed E-state index contributed by atoms with van der Waals surface area (Å²) in [5.41, 5.74) is -0.847. The highest BCUT2D eigenvalue weighted by atomic mass is 32.2. The first kappa shape index (κ1) is 15.0. The number of carbonyl (C=O) groups is 1. The van der Waals surface area contributed by atoms with Gasteiger partial charge in [0, 0.05) is 16.6 Å². The highest BCUT2D eigenvalue weighted by Gasteiger charge is 2.52. The Kier molecular flexibility index (Phi) is 3.59. The number of aliphatic carboxylic acids is 1. The molecule has 0 spiro atoms. The molecule has 2 unspecified atom stereocenters. The van der Waals surface area contributed by atoms with E-state index in [9.17, 15) is 9.00 Å². The molecule has 2 rings (SSSR count). The average Bonchev–Trinajstić information content (AvgIpc) is 2.85. The van der Waals surface area contributed by atoms with Gasteiger partial charge in [-0.2, -0.15) is 0 Å². The van der Waals surface area contributed by atoms with Gasteiger partial charge in [0.15, 0.2) is 0 Å². The number of rotatable bonds is 5. The Morgan fingerprint density at radius 1 is 1.32 bits per heavy atom. The third-order valence-corrected chi connectivity index (χ3v) is 6.51. The van der Waals surface area contributed by atoms with Gasteiger partial charge in [-0.15, -0.1) is 0 Å². The van der Waals surface area contributed by atoms with Gasteiger partial charge in [-0.25, -0.2) is 0 Å². The molecule has 0 aromatic heterocycles. The van der Waals surface area contributed by atoms with E-state index in [0.717, 1.165) is 19.3 Å². The molecule has 2 fully saturated rings. The SMILES string of the molecule is CC1(C)CC(S(=O)CC2(CC(=O)O)CC2)C(C)(C)O1. The van der Waals surface area contributed by atoms with Crippen LogP contribution in [-0.4, -0.2) is 37.5 Å². The van der Waals surface area contributed by atoms with Crippen molar-refractivity contribution in [3.05, 3.63) is 0 Å². The standard InChI is InChI=1S/C14H24O4S/c1-12(2)7-10(13(3,4)18-12)19(17)9-14(5-6-14)8-11(15)16/h10H,5-9H2,1-4H3,(H,15,16). The van der Waals surface area contributed by atoms with E-state index < -0.39 is 22.4 Å². The van der Waals surface area contributed by atoms with Crippen LogP contribution < -0.4 is 0 Å². The molecular weight excluding hydrogens is 264 g/mol. The van der Waals surface area contributed by atoms with Gasteiger partial charge in [0.1, 0.15) is 0 Å². The maximum absolute atomic E-state index is 12.6. The van der Waals surface area contributed by atoms with Crippen LogP contribution in [0.1, 0.15) is 53.4 Å². The Hall–Kier alpha value is -0.420. The molecule has 1 heterocycles. The van der Waals surface area contributed by atoms with Crippen molar-refractivity contribution in [2.45, 2.75) is 69.8 Å². The molecular formula is C14H24O4S. The van der Waals surface area contributed by atoms with E-state index in [2.05, 4.69) is 0 Å². The average molecular weight is 288 g/mol. The summed E-state index contributed by atoms with van der Waals surface area (Å²) in [7, 11) is -1.02. The second-order valence-electron chi connectivity index (χ2n) is 7.25. The second kappa shape index (κ2) is 4.55. The van der Waals surface area contributed by atoms with Gasteiger partial charge in [-0.1, -0.05) is 0 Å². The maximum atomic E-state index is 12.6. The van der Waals surface area contributed by atoms with Crippen molar-refractivity contribution in [3.8, 4) is 0 Å². The molecule has 2 atom stereocenters. The highest BCUT2D eigenvalue weighted by molar-refractivity contribution is 7.85. The highest BCUT2D eigenvalue weighted by Crippen LogP contribution is 2.51. The van der Waals surface area contributed by atoms with Crippen LogP contribution in [0.4, 0.5) is 0 Å². The van der Waals surface area contributed by atoms with E-state index in [-0.39, 0.29) is 22.7 Å². The quantitative estimate of drug-likeness (QED) is 0.843. The zero-order chi connectivity index (χ0) is 14.5. The predicted octanol–water partition coefficient (Wildman–Crippen LogP) is 2.34. The minimum atomic E-state index is -1.02. The van der Waals surface area contributed by atoms with Crippen LogP contribution in [0.3, 0.4) is 0 Å². The lowest BCUT2D eigenvalue weighted by Crippen LogP contribution is -2.38. The van der Waals surface area contributed by atoms with Crippen LogP contribution in [0.25, 0.3) is 0 Å². The van der Waals surface area contributed by atoms with E-state index >= 15 is 0 Å². The minimum absolute atomic E-state index is 0.00577. The fraction of sp³-hybridized carbons (Fsp3) is 0.929. The van der Waals surface area contributed by atoms with Gasteiger partial charge < -0.3 is 9.84 Å². The monoisotopic (exact) mass is 288 g/mol. The lowest BCUT2D eigenvalue weighted by molar-refractivity contribution is -0.138. The van der Waals surface area contributed by atoms with Crippen molar-refractivity contribution in [2.75, 3.05) is 5.75 Å². The molecule has 19 heavy (non-hydrogen) atoms. The van der Waals surface area contributed by atoms with Crippen molar-refractivity contribution < 1.29 is 18.8 Å². The molecule has 1 aliphatic heterocycles.